The van der Waals surface area contributed by atoms with Crippen LogP contribution in [0.3, 0.4) is 0 Å². The fraction of sp³-hybridized carbons (Fsp3) is 0.444. The van der Waals surface area contributed by atoms with E-state index in [4.69, 9.17) is 15.1 Å². The first-order chi connectivity index (χ1) is 10.6. The Labute approximate surface area is 102 Å². The summed E-state index contributed by atoms with van der Waals surface area (Å²) in [5.41, 5.74) is 0. The van der Waals surface area contributed by atoms with Crippen molar-refractivity contribution in [2.24, 2.45) is 0 Å². The van der Waals surface area contributed by atoms with Crippen LogP contribution in [0.1, 0.15) is 15.1 Å². The minimum atomic E-state index is -3.15. The van der Waals surface area contributed by atoms with Gasteiger partial charge in [-0.15, -0.1) is 0 Å². The molecule has 0 saturated carbocycles. The number of halogens is 1. The summed E-state index contributed by atoms with van der Waals surface area (Å²) >= 11 is 2.87. The number of anilines is 1. The molecule has 2 rings (SSSR count). The van der Waals surface area contributed by atoms with Crippen LogP contribution in [0.4, 0.5) is 5.82 Å². The van der Waals surface area contributed by atoms with Crippen molar-refractivity contribution < 1.29 is 15.1 Å². The van der Waals surface area contributed by atoms with Gasteiger partial charge in [0.05, 0.1) is 9.60 Å². The second-order valence-corrected chi connectivity index (χ2v) is 2.84. The number of piperazine rings is 1. The predicted molar refractivity (Wildman–Crippen MR) is 57.0 cm³/mol. The summed E-state index contributed by atoms with van der Waals surface area (Å²) in [7, 11) is 0. The second-order valence-electron chi connectivity index (χ2n) is 2.05. The van der Waals surface area contributed by atoms with E-state index in [-0.39, 0.29) is 9.37 Å². The van der Waals surface area contributed by atoms with Gasteiger partial charge in [0.15, 0.2) is 0 Å². The van der Waals surface area contributed by atoms with Crippen LogP contribution in [-0.2, 0) is 0 Å². The average molecular weight is 253 g/mol. The third-order valence-corrected chi connectivity index (χ3v) is 1.62. The Kier molecular flexibility index (Phi) is 0.845. The van der Waals surface area contributed by atoms with Gasteiger partial charge in [-0.05, 0) is 12.1 Å². The predicted octanol–water partition coefficient (Wildman–Crippen LogP) is 1.25. The molecule has 0 bridgehead atoms. The van der Waals surface area contributed by atoms with Gasteiger partial charge in [0.2, 0.25) is 0 Å². The first-order valence-electron chi connectivity index (χ1n) is 8.81. The van der Waals surface area contributed by atoms with Crippen molar-refractivity contribution >= 4 is 21.7 Å². The molecule has 0 aliphatic carbocycles. The average Bonchev–Trinajstić information content (AvgIpc) is 2.39. The first-order valence-corrected chi connectivity index (χ1v) is 4.10. The van der Waals surface area contributed by atoms with E-state index in [1.54, 1.807) is 5.32 Å². The van der Waals surface area contributed by atoms with Crippen LogP contribution in [-0.4, -0.2) is 31.0 Å². The van der Waals surface area contributed by atoms with E-state index >= 15 is 0 Å². The molecule has 1 aromatic heterocycles. The van der Waals surface area contributed by atoms with Crippen LogP contribution in [0.25, 0.3) is 0 Å². The number of hydrogen-bond donors (Lipinski definition) is 1. The first kappa shape index (κ1) is 2.70. The SMILES string of the molecule is [2H]c1nc(N2C([2H])([2H])C([2H])([2H])NC([2H])([2H])C2([2H])[2H])c([2H])c(Br)c1[2H]. The topological polar surface area (TPSA) is 28.2 Å². The Morgan fingerprint density at radius 2 is 2.38 bits per heavy atom. The summed E-state index contributed by atoms with van der Waals surface area (Å²) in [5.74, 6) is -0.785. The third kappa shape index (κ3) is 2.19. The van der Waals surface area contributed by atoms with Gasteiger partial charge < -0.3 is 10.2 Å². The van der Waals surface area contributed by atoms with Gasteiger partial charge in [-0.2, -0.15) is 0 Å². The van der Waals surface area contributed by atoms with Crippen molar-refractivity contribution in [3.63, 3.8) is 0 Å². The summed E-state index contributed by atoms with van der Waals surface area (Å²) in [4.78, 5) is 3.60. The third-order valence-electron chi connectivity index (χ3n) is 1.22. The Morgan fingerprint density at radius 1 is 1.62 bits per heavy atom. The van der Waals surface area contributed by atoms with Gasteiger partial charge in [0, 0.05) is 42.1 Å². The smallest absolute Gasteiger partial charge is 0.129 e. The molecular weight excluding hydrogens is 230 g/mol. The molecule has 13 heavy (non-hydrogen) atoms. The molecule has 70 valence electrons. The highest BCUT2D eigenvalue weighted by molar-refractivity contribution is 9.10. The molecule has 0 radical (unpaired) electrons. The molecule has 1 aliphatic rings. The highest BCUT2D eigenvalue weighted by Gasteiger charge is 2.10. The van der Waals surface area contributed by atoms with E-state index in [2.05, 4.69) is 20.9 Å². The molecule has 1 N–H and O–H groups in total. The van der Waals surface area contributed by atoms with Crippen LogP contribution in [0, 0.1) is 0 Å². The molecule has 1 aromatic rings. The van der Waals surface area contributed by atoms with E-state index in [1.807, 2.05) is 0 Å². The maximum Gasteiger partial charge on any atom is 0.129 e. The van der Waals surface area contributed by atoms with Crippen LogP contribution in [0.15, 0.2) is 22.7 Å². The number of aromatic nitrogens is 1. The Balaban J connectivity index is 2.83. The Hall–Kier alpha value is -0.610. The molecule has 0 spiro atoms. The monoisotopic (exact) mass is 252 g/mol. The van der Waals surface area contributed by atoms with Crippen LogP contribution in [0.5, 0.6) is 0 Å². The molecule has 1 aliphatic heterocycles. The van der Waals surface area contributed by atoms with Crippen molar-refractivity contribution in [3.05, 3.63) is 22.7 Å². The Bertz CT molecular complexity index is 666. The summed E-state index contributed by atoms with van der Waals surface area (Å²) in [6.45, 7) is -12.4. The van der Waals surface area contributed by atoms with Crippen molar-refractivity contribution in [2.45, 2.75) is 0 Å². The van der Waals surface area contributed by atoms with Crippen LogP contribution < -0.4 is 10.2 Å². The van der Waals surface area contributed by atoms with Crippen molar-refractivity contribution in [1.82, 2.24) is 10.3 Å². The second kappa shape index (κ2) is 4.07. The fourth-order valence-electron chi connectivity index (χ4n) is 0.726. The van der Waals surface area contributed by atoms with Crippen molar-refractivity contribution in [3.8, 4) is 0 Å². The zero-order valence-electron chi connectivity index (χ0n) is 17.3. The maximum atomic E-state index is 7.95. The van der Waals surface area contributed by atoms with Crippen molar-refractivity contribution in [2.75, 3.05) is 30.9 Å². The molecule has 0 unspecified atom stereocenters. The quantitative estimate of drug-likeness (QED) is 0.816. The lowest BCUT2D eigenvalue weighted by molar-refractivity contribution is 0.585. The zero-order chi connectivity index (χ0) is 18.9. The number of nitrogens with one attached hydrogen (secondary N) is 1. The fourth-order valence-corrected chi connectivity index (χ4v) is 0.992. The zero-order valence-corrected chi connectivity index (χ0v) is 7.86. The van der Waals surface area contributed by atoms with Gasteiger partial charge in [0.1, 0.15) is 5.82 Å². The van der Waals surface area contributed by atoms with Gasteiger partial charge >= 0.3 is 0 Å². The van der Waals surface area contributed by atoms with Crippen molar-refractivity contribution in [1.29, 1.82) is 0 Å². The maximum absolute atomic E-state index is 7.95. The molecule has 4 heteroatoms. The molecule has 0 atom stereocenters. The molecule has 0 aromatic carbocycles. The van der Waals surface area contributed by atoms with E-state index < -0.39 is 50.1 Å². The molecule has 0 amide bonds. The molecule has 1 saturated heterocycles. The van der Waals surface area contributed by atoms with E-state index in [0.717, 1.165) is 0 Å². The largest absolute Gasteiger partial charge is 0.354 e. The summed E-state index contributed by atoms with van der Waals surface area (Å²) in [5, 5.41) is 1.66. The normalized spacial score (nSPS) is 45.3. The van der Waals surface area contributed by atoms with E-state index in [0.29, 0.717) is 0 Å². The number of nitrogens with zero attached hydrogens (tertiary/aromatic N) is 2. The molecule has 1 fully saturated rings. The molecule has 3 nitrogen and oxygen atoms in total. The Morgan fingerprint density at radius 3 is 3.15 bits per heavy atom. The highest BCUT2D eigenvalue weighted by Crippen LogP contribution is 2.16. The summed E-state index contributed by atoms with van der Waals surface area (Å²) in [6, 6.07) is -1.14. The minimum Gasteiger partial charge on any atom is -0.354 e. The standard InChI is InChI=1S/C9H12BrN3/c10-8-1-2-12-9(7-8)13-5-3-11-4-6-13/h1-2,7,11H,3-6H2/i1D,2D,3D2,4D2,5D2,6D2,7D. The summed E-state index contributed by atoms with van der Waals surface area (Å²) < 4.78 is 85.5. The lowest BCUT2D eigenvalue weighted by atomic mass is 10.3. The minimum absolute atomic E-state index is 0.0705. The van der Waals surface area contributed by atoms with Gasteiger partial charge in [-0.1, -0.05) is 15.9 Å². The van der Waals surface area contributed by atoms with Gasteiger partial charge in [-0.3, -0.25) is 0 Å². The van der Waals surface area contributed by atoms with Gasteiger partial charge in [-0.25, -0.2) is 4.98 Å². The number of rotatable bonds is 1. The lowest BCUT2D eigenvalue weighted by Gasteiger charge is -2.28. The summed E-state index contributed by atoms with van der Waals surface area (Å²) in [6.07, 6.45) is -0.695. The van der Waals surface area contributed by atoms with Crippen LogP contribution >= 0.6 is 15.9 Å². The molecular formula is C9H12BrN3. The highest BCUT2D eigenvalue weighted by atomic mass is 79.9. The number of hydrogen-bond acceptors (Lipinski definition) is 3. The van der Waals surface area contributed by atoms with E-state index in [9.17, 15) is 0 Å². The lowest BCUT2D eigenvalue weighted by Crippen LogP contribution is -2.43. The number of pyridine rings is 1. The van der Waals surface area contributed by atoms with E-state index in [1.165, 1.54) is 0 Å². The van der Waals surface area contributed by atoms with Gasteiger partial charge in [0.25, 0.3) is 0 Å². The molecule has 2 heterocycles. The van der Waals surface area contributed by atoms with Crippen LogP contribution in [0.2, 0.25) is 0 Å².